The van der Waals surface area contributed by atoms with Crippen LogP contribution in [0.3, 0.4) is 0 Å². The molecule has 2 atom stereocenters. The van der Waals surface area contributed by atoms with E-state index in [4.69, 9.17) is 14.9 Å². The van der Waals surface area contributed by atoms with Crippen molar-refractivity contribution in [3.05, 3.63) is 24.2 Å². The van der Waals surface area contributed by atoms with Gasteiger partial charge in [0, 0.05) is 19.1 Å². The number of ether oxygens (including phenoxy) is 1. The lowest BCUT2D eigenvalue weighted by atomic mass is 9.79. The molecule has 1 fully saturated rings. The van der Waals surface area contributed by atoms with E-state index in [0.717, 1.165) is 31.4 Å². The fraction of sp³-hybridized carbons (Fsp3) is 0.688. The van der Waals surface area contributed by atoms with E-state index in [1.165, 1.54) is 6.42 Å². The van der Waals surface area contributed by atoms with E-state index < -0.39 is 0 Å². The van der Waals surface area contributed by atoms with Crippen LogP contribution in [-0.4, -0.2) is 25.6 Å². The second kappa shape index (κ2) is 8.85. The van der Waals surface area contributed by atoms with Gasteiger partial charge in [0.2, 0.25) is 5.91 Å². The summed E-state index contributed by atoms with van der Waals surface area (Å²) >= 11 is 0. The number of carbonyl (C=O) groups excluding carboxylic acids is 1. The lowest BCUT2D eigenvalue weighted by Gasteiger charge is -2.29. The molecule has 0 aromatic carbocycles. The molecule has 1 saturated carbocycles. The van der Waals surface area contributed by atoms with Crippen LogP contribution in [-0.2, 0) is 16.1 Å². The first kappa shape index (κ1) is 16.0. The van der Waals surface area contributed by atoms with Crippen LogP contribution in [0.5, 0.6) is 0 Å². The van der Waals surface area contributed by atoms with E-state index in [0.29, 0.717) is 32.2 Å². The minimum absolute atomic E-state index is 0.104. The Bertz CT molecular complexity index is 406. The third-order valence-corrected chi connectivity index (χ3v) is 4.14. The van der Waals surface area contributed by atoms with E-state index >= 15 is 0 Å². The molecular formula is C16H26N2O3. The summed E-state index contributed by atoms with van der Waals surface area (Å²) in [5.74, 6) is 1.45. The summed E-state index contributed by atoms with van der Waals surface area (Å²) in [6.07, 6.45) is 6.85. The number of hydrogen-bond donors (Lipinski definition) is 2. The molecule has 0 bridgehead atoms. The third-order valence-electron chi connectivity index (χ3n) is 4.14. The highest BCUT2D eigenvalue weighted by Crippen LogP contribution is 2.29. The van der Waals surface area contributed by atoms with Crippen LogP contribution in [0.15, 0.2) is 22.8 Å². The van der Waals surface area contributed by atoms with Crippen molar-refractivity contribution in [2.24, 2.45) is 17.6 Å². The Morgan fingerprint density at radius 2 is 2.29 bits per heavy atom. The zero-order valence-electron chi connectivity index (χ0n) is 12.6. The fourth-order valence-electron chi connectivity index (χ4n) is 2.92. The summed E-state index contributed by atoms with van der Waals surface area (Å²) in [4.78, 5) is 12.2. The molecule has 2 unspecified atom stereocenters. The van der Waals surface area contributed by atoms with Crippen molar-refractivity contribution < 1.29 is 13.9 Å². The fourth-order valence-corrected chi connectivity index (χ4v) is 2.92. The number of furan rings is 1. The van der Waals surface area contributed by atoms with Gasteiger partial charge in [0.15, 0.2) is 0 Å². The van der Waals surface area contributed by atoms with Gasteiger partial charge in [0.25, 0.3) is 0 Å². The second-order valence-electron chi connectivity index (χ2n) is 5.66. The van der Waals surface area contributed by atoms with Crippen LogP contribution in [0.4, 0.5) is 0 Å². The molecule has 1 aromatic heterocycles. The quantitative estimate of drug-likeness (QED) is 0.720. The SMILES string of the molecule is NCC1CCCCC1C(=O)NCCCOCc1ccco1. The molecule has 1 heterocycles. The van der Waals surface area contributed by atoms with Crippen LogP contribution < -0.4 is 11.1 Å². The molecule has 0 spiro atoms. The molecule has 1 aliphatic rings. The highest BCUT2D eigenvalue weighted by molar-refractivity contribution is 5.79. The Hall–Kier alpha value is -1.33. The smallest absolute Gasteiger partial charge is 0.223 e. The Labute approximate surface area is 126 Å². The monoisotopic (exact) mass is 294 g/mol. The summed E-state index contributed by atoms with van der Waals surface area (Å²) in [6.45, 7) is 2.37. The lowest BCUT2D eigenvalue weighted by Crippen LogP contribution is -2.39. The van der Waals surface area contributed by atoms with Gasteiger partial charge in [-0.3, -0.25) is 4.79 Å². The highest BCUT2D eigenvalue weighted by atomic mass is 16.5. The van der Waals surface area contributed by atoms with E-state index in [9.17, 15) is 4.79 Å². The Morgan fingerprint density at radius 3 is 3.05 bits per heavy atom. The summed E-state index contributed by atoms with van der Waals surface area (Å²) < 4.78 is 10.7. The number of nitrogens with two attached hydrogens (primary N) is 1. The molecule has 0 radical (unpaired) electrons. The number of nitrogens with one attached hydrogen (secondary N) is 1. The van der Waals surface area contributed by atoms with E-state index in [1.54, 1.807) is 6.26 Å². The van der Waals surface area contributed by atoms with Crippen molar-refractivity contribution in [2.75, 3.05) is 19.7 Å². The summed E-state index contributed by atoms with van der Waals surface area (Å²) in [7, 11) is 0. The van der Waals surface area contributed by atoms with E-state index in [2.05, 4.69) is 5.32 Å². The van der Waals surface area contributed by atoms with Crippen LogP contribution >= 0.6 is 0 Å². The first-order chi connectivity index (χ1) is 10.3. The normalized spacial score (nSPS) is 22.1. The average molecular weight is 294 g/mol. The van der Waals surface area contributed by atoms with Gasteiger partial charge in [-0.25, -0.2) is 0 Å². The van der Waals surface area contributed by atoms with Crippen molar-refractivity contribution in [3.8, 4) is 0 Å². The van der Waals surface area contributed by atoms with Gasteiger partial charge < -0.3 is 20.2 Å². The lowest BCUT2D eigenvalue weighted by molar-refractivity contribution is -0.127. The zero-order chi connectivity index (χ0) is 14.9. The number of amides is 1. The summed E-state index contributed by atoms with van der Waals surface area (Å²) in [6, 6.07) is 3.73. The minimum Gasteiger partial charge on any atom is -0.467 e. The molecule has 0 aliphatic heterocycles. The van der Waals surface area contributed by atoms with E-state index in [1.807, 2.05) is 12.1 Å². The van der Waals surface area contributed by atoms with Crippen LogP contribution in [0, 0.1) is 11.8 Å². The minimum atomic E-state index is 0.104. The summed E-state index contributed by atoms with van der Waals surface area (Å²) in [5.41, 5.74) is 5.76. The maximum Gasteiger partial charge on any atom is 0.223 e. The van der Waals surface area contributed by atoms with Gasteiger partial charge in [-0.1, -0.05) is 12.8 Å². The first-order valence-corrected chi connectivity index (χ1v) is 7.89. The van der Waals surface area contributed by atoms with Gasteiger partial charge in [0.05, 0.1) is 6.26 Å². The number of carbonyl (C=O) groups is 1. The predicted molar refractivity (Wildman–Crippen MR) is 80.5 cm³/mol. The van der Waals surface area contributed by atoms with Gasteiger partial charge in [-0.15, -0.1) is 0 Å². The molecule has 2 rings (SSSR count). The van der Waals surface area contributed by atoms with Crippen molar-refractivity contribution >= 4 is 5.91 Å². The zero-order valence-corrected chi connectivity index (χ0v) is 12.6. The molecule has 1 amide bonds. The molecule has 0 saturated heterocycles. The van der Waals surface area contributed by atoms with Gasteiger partial charge in [-0.2, -0.15) is 0 Å². The van der Waals surface area contributed by atoms with Gasteiger partial charge >= 0.3 is 0 Å². The molecule has 1 aliphatic carbocycles. The third kappa shape index (κ3) is 5.17. The predicted octanol–water partition coefficient (Wildman–Crippen LogP) is 2.07. The second-order valence-corrected chi connectivity index (χ2v) is 5.66. The maximum absolute atomic E-state index is 12.2. The highest BCUT2D eigenvalue weighted by Gasteiger charge is 2.29. The molecule has 3 N–H and O–H groups in total. The standard InChI is InChI=1S/C16H26N2O3/c17-11-13-5-1-2-7-15(13)16(19)18-8-4-9-20-12-14-6-3-10-21-14/h3,6,10,13,15H,1-2,4-5,7-9,11-12,17H2,(H,18,19). The molecular weight excluding hydrogens is 268 g/mol. The molecule has 5 heteroatoms. The largest absolute Gasteiger partial charge is 0.467 e. The van der Waals surface area contributed by atoms with Crippen molar-refractivity contribution in [1.82, 2.24) is 5.32 Å². The van der Waals surface area contributed by atoms with Crippen LogP contribution in [0.1, 0.15) is 37.9 Å². The number of hydrogen-bond acceptors (Lipinski definition) is 4. The van der Waals surface area contributed by atoms with Crippen LogP contribution in [0.2, 0.25) is 0 Å². The number of rotatable bonds is 8. The topological polar surface area (TPSA) is 77.5 Å². The van der Waals surface area contributed by atoms with Gasteiger partial charge in [0.1, 0.15) is 12.4 Å². The maximum atomic E-state index is 12.2. The molecule has 1 aromatic rings. The molecule has 21 heavy (non-hydrogen) atoms. The Balaban J connectivity index is 1.56. The van der Waals surface area contributed by atoms with Crippen molar-refractivity contribution in [3.63, 3.8) is 0 Å². The molecule has 118 valence electrons. The van der Waals surface area contributed by atoms with Crippen molar-refractivity contribution in [1.29, 1.82) is 0 Å². The molecule has 5 nitrogen and oxygen atoms in total. The Kier molecular flexibility index (Phi) is 6.76. The summed E-state index contributed by atoms with van der Waals surface area (Å²) in [5, 5.41) is 3.01. The Morgan fingerprint density at radius 1 is 1.43 bits per heavy atom. The van der Waals surface area contributed by atoms with Gasteiger partial charge in [-0.05, 0) is 43.9 Å². The first-order valence-electron chi connectivity index (χ1n) is 7.89. The van der Waals surface area contributed by atoms with E-state index in [-0.39, 0.29) is 11.8 Å². The van der Waals surface area contributed by atoms with Crippen LogP contribution in [0.25, 0.3) is 0 Å². The van der Waals surface area contributed by atoms with Crippen molar-refractivity contribution in [2.45, 2.75) is 38.7 Å². The average Bonchev–Trinajstić information content (AvgIpc) is 3.03.